The van der Waals surface area contributed by atoms with E-state index in [4.69, 9.17) is 4.74 Å². The third kappa shape index (κ3) is 4.16. The van der Waals surface area contributed by atoms with Crippen LogP contribution in [0.5, 0.6) is 5.88 Å². The Morgan fingerprint density at radius 1 is 1.07 bits per heavy atom. The number of rotatable bonds is 6. The number of hydrogen-bond donors (Lipinski definition) is 0. The second-order valence-electron chi connectivity index (χ2n) is 8.38. The lowest BCUT2D eigenvalue weighted by Crippen LogP contribution is -2.46. The molecule has 3 heterocycles. The van der Waals surface area contributed by atoms with E-state index in [1.165, 1.54) is 18.5 Å². The van der Waals surface area contributed by atoms with Gasteiger partial charge in [0.1, 0.15) is 6.33 Å². The van der Waals surface area contributed by atoms with Gasteiger partial charge in [-0.2, -0.15) is 0 Å². The Bertz CT molecular complexity index is 1100. The number of aromatic nitrogens is 3. The minimum absolute atomic E-state index is 0.0456. The van der Waals surface area contributed by atoms with Crippen molar-refractivity contribution in [1.29, 1.82) is 0 Å². The van der Waals surface area contributed by atoms with Gasteiger partial charge in [0.15, 0.2) is 0 Å². The summed E-state index contributed by atoms with van der Waals surface area (Å²) in [7, 11) is 1.78. The quantitative estimate of drug-likeness (QED) is 0.628. The van der Waals surface area contributed by atoms with Crippen molar-refractivity contribution in [3.05, 3.63) is 58.8 Å². The summed E-state index contributed by atoms with van der Waals surface area (Å²) in [6.45, 7) is 5.38. The van der Waals surface area contributed by atoms with Crippen molar-refractivity contribution in [3.63, 3.8) is 0 Å². The lowest BCUT2D eigenvalue weighted by molar-refractivity contribution is 0.249. The number of fused-ring (bicyclic) bond motifs is 1. The molecule has 0 N–H and O–H groups in total. The van der Waals surface area contributed by atoms with Crippen LogP contribution in [0.25, 0.3) is 10.9 Å². The molecule has 0 spiro atoms. The number of benzene rings is 1. The van der Waals surface area contributed by atoms with Gasteiger partial charge in [-0.15, -0.1) is 0 Å². The fourth-order valence-corrected chi connectivity index (χ4v) is 3.92. The Balaban J connectivity index is 1.26. The summed E-state index contributed by atoms with van der Waals surface area (Å²) in [6.07, 6.45) is 5.94. The number of hydrogen-bond acceptors (Lipinski definition) is 6. The van der Waals surface area contributed by atoms with Crippen LogP contribution in [0.3, 0.4) is 0 Å². The standard InChI is InChI=1S/C23H27N5O2/c1-26-7-6-18(12-22(26)29)14-27-8-10-28(11-9-27)19-4-5-21-20(13-19)23(25-16-24-21)30-15-17-2-3-17/h4-7,12-13,16-17H,2-3,8-11,14-15H2,1H3. The van der Waals surface area contributed by atoms with Gasteiger partial charge in [0.05, 0.1) is 17.5 Å². The van der Waals surface area contributed by atoms with Crippen molar-refractivity contribution in [3.8, 4) is 5.88 Å². The predicted molar refractivity (Wildman–Crippen MR) is 117 cm³/mol. The van der Waals surface area contributed by atoms with Gasteiger partial charge in [0.25, 0.3) is 5.56 Å². The number of pyridine rings is 1. The molecule has 1 saturated carbocycles. The van der Waals surface area contributed by atoms with Crippen LogP contribution in [0.2, 0.25) is 0 Å². The maximum Gasteiger partial charge on any atom is 0.250 e. The third-order valence-corrected chi connectivity index (χ3v) is 6.05. The normalized spacial score (nSPS) is 17.4. The monoisotopic (exact) mass is 405 g/mol. The molecular weight excluding hydrogens is 378 g/mol. The first-order chi connectivity index (χ1) is 14.7. The molecule has 0 radical (unpaired) electrons. The minimum atomic E-state index is 0.0456. The van der Waals surface area contributed by atoms with Crippen LogP contribution in [-0.2, 0) is 13.6 Å². The number of anilines is 1. The summed E-state index contributed by atoms with van der Waals surface area (Å²) in [6, 6.07) is 10.1. The number of nitrogens with zero attached hydrogens (tertiary/aromatic N) is 5. The molecule has 2 aliphatic rings. The molecule has 0 bridgehead atoms. The van der Waals surface area contributed by atoms with Crippen LogP contribution in [0.4, 0.5) is 5.69 Å². The summed E-state index contributed by atoms with van der Waals surface area (Å²) in [5.41, 5.74) is 3.22. The molecule has 1 saturated heterocycles. The zero-order valence-electron chi connectivity index (χ0n) is 17.3. The molecule has 5 rings (SSSR count). The first-order valence-corrected chi connectivity index (χ1v) is 10.7. The van der Waals surface area contributed by atoms with Gasteiger partial charge < -0.3 is 14.2 Å². The molecule has 0 amide bonds. The van der Waals surface area contributed by atoms with E-state index in [0.717, 1.165) is 55.8 Å². The maximum atomic E-state index is 11.9. The van der Waals surface area contributed by atoms with Gasteiger partial charge in [-0.3, -0.25) is 9.69 Å². The molecule has 0 unspecified atom stereocenters. The summed E-state index contributed by atoms with van der Waals surface area (Å²) in [5.74, 6) is 1.38. The molecule has 30 heavy (non-hydrogen) atoms. The zero-order chi connectivity index (χ0) is 20.5. The largest absolute Gasteiger partial charge is 0.477 e. The first kappa shape index (κ1) is 19.1. The van der Waals surface area contributed by atoms with Crippen LogP contribution in [0, 0.1) is 5.92 Å². The van der Waals surface area contributed by atoms with Crippen molar-refractivity contribution in [2.75, 3.05) is 37.7 Å². The van der Waals surface area contributed by atoms with E-state index in [9.17, 15) is 4.79 Å². The predicted octanol–water partition coefficient (Wildman–Crippen LogP) is 2.44. The summed E-state index contributed by atoms with van der Waals surface area (Å²) >= 11 is 0. The Hall–Kier alpha value is -2.93. The molecule has 2 aromatic heterocycles. The highest BCUT2D eigenvalue weighted by Gasteiger charge is 2.23. The lowest BCUT2D eigenvalue weighted by Gasteiger charge is -2.36. The molecule has 1 aromatic carbocycles. The van der Waals surface area contributed by atoms with Gasteiger partial charge in [0, 0.05) is 57.7 Å². The Kier molecular flexibility index (Phi) is 5.12. The van der Waals surface area contributed by atoms with Crippen molar-refractivity contribution < 1.29 is 4.74 Å². The average Bonchev–Trinajstić information content (AvgIpc) is 3.60. The second kappa shape index (κ2) is 8.07. The summed E-state index contributed by atoms with van der Waals surface area (Å²) < 4.78 is 7.59. The van der Waals surface area contributed by atoms with E-state index in [0.29, 0.717) is 11.8 Å². The van der Waals surface area contributed by atoms with Gasteiger partial charge in [-0.05, 0) is 48.6 Å². The fraction of sp³-hybridized carbons (Fsp3) is 0.435. The van der Waals surface area contributed by atoms with Gasteiger partial charge >= 0.3 is 0 Å². The highest BCUT2D eigenvalue weighted by atomic mass is 16.5. The highest BCUT2D eigenvalue weighted by Crippen LogP contribution is 2.32. The molecule has 7 nitrogen and oxygen atoms in total. The van der Waals surface area contributed by atoms with Gasteiger partial charge in [-0.25, -0.2) is 9.97 Å². The molecule has 0 atom stereocenters. The van der Waals surface area contributed by atoms with Crippen molar-refractivity contribution in [2.45, 2.75) is 19.4 Å². The molecule has 7 heteroatoms. The van der Waals surface area contributed by atoms with E-state index in [1.807, 2.05) is 12.3 Å². The summed E-state index contributed by atoms with van der Waals surface area (Å²) in [4.78, 5) is 25.4. The average molecular weight is 406 g/mol. The number of ether oxygens (including phenoxy) is 1. The molecule has 156 valence electrons. The van der Waals surface area contributed by atoms with Gasteiger partial charge in [-0.1, -0.05) is 0 Å². The third-order valence-electron chi connectivity index (χ3n) is 6.05. The van der Waals surface area contributed by atoms with Crippen LogP contribution in [-0.4, -0.2) is 52.2 Å². The van der Waals surface area contributed by atoms with E-state index in [2.05, 4.69) is 38.0 Å². The van der Waals surface area contributed by atoms with Crippen LogP contribution in [0.1, 0.15) is 18.4 Å². The van der Waals surface area contributed by atoms with E-state index >= 15 is 0 Å². The van der Waals surface area contributed by atoms with Crippen LogP contribution in [0.15, 0.2) is 47.7 Å². The van der Waals surface area contributed by atoms with Crippen molar-refractivity contribution in [2.24, 2.45) is 13.0 Å². The fourth-order valence-electron chi connectivity index (χ4n) is 3.92. The van der Waals surface area contributed by atoms with Crippen molar-refractivity contribution >= 4 is 16.6 Å². The smallest absolute Gasteiger partial charge is 0.250 e. The summed E-state index contributed by atoms with van der Waals surface area (Å²) in [5, 5.41) is 0.984. The van der Waals surface area contributed by atoms with E-state index in [-0.39, 0.29) is 5.56 Å². The highest BCUT2D eigenvalue weighted by molar-refractivity contribution is 5.86. The molecule has 2 fully saturated rings. The lowest BCUT2D eigenvalue weighted by atomic mass is 10.1. The topological polar surface area (TPSA) is 63.5 Å². The zero-order valence-corrected chi connectivity index (χ0v) is 17.3. The second-order valence-corrected chi connectivity index (χ2v) is 8.38. The van der Waals surface area contributed by atoms with Crippen molar-refractivity contribution in [1.82, 2.24) is 19.4 Å². The molecule has 1 aliphatic heterocycles. The number of aryl methyl sites for hydroxylation is 1. The molecular formula is C23H27N5O2. The first-order valence-electron chi connectivity index (χ1n) is 10.7. The Morgan fingerprint density at radius 3 is 2.67 bits per heavy atom. The number of piperazine rings is 1. The van der Waals surface area contributed by atoms with E-state index in [1.54, 1.807) is 24.0 Å². The van der Waals surface area contributed by atoms with Crippen LogP contribution < -0.4 is 15.2 Å². The van der Waals surface area contributed by atoms with Crippen LogP contribution >= 0.6 is 0 Å². The molecule has 3 aromatic rings. The van der Waals surface area contributed by atoms with Gasteiger partial charge in [0.2, 0.25) is 5.88 Å². The minimum Gasteiger partial charge on any atom is -0.477 e. The SMILES string of the molecule is Cn1ccc(CN2CCN(c3ccc4ncnc(OCC5CC5)c4c3)CC2)cc1=O. The van der Waals surface area contributed by atoms with E-state index < -0.39 is 0 Å². The Morgan fingerprint density at radius 2 is 1.90 bits per heavy atom. The molecule has 1 aliphatic carbocycles. The Labute approximate surface area is 175 Å². The maximum absolute atomic E-state index is 11.9.